The van der Waals surface area contributed by atoms with E-state index < -0.39 is 5.97 Å². The minimum Gasteiger partial charge on any atom is -0.480 e. The Morgan fingerprint density at radius 1 is 1.80 bits per heavy atom. The Morgan fingerprint density at radius 2 is 2.40 bits per heavy atom. The molecule has 1 aliphatic carbocycles. The molecule has 0 unspecified atom stereocenters. The van der Waals surface area contributed by atoms with Gasteiger partial charge >= 0.3 is 5.97 Å². The van der Waals surface area contributed by atoms with Crippen LogP contribution in [0, 0.1) is 0 Å². The van der Waals surface area contributed by atoms with Gasteiger partial charge in [-0.15, -0.1) is 0 Å². The molecule has 0 heterocycles. The van der Waals surface area contributed by atoms with Crippen LogP contribution in [0.15, 0.2) is 12.8 Å². The van der Waals surface area contributed by atoms with E-state index in [2.05, 4.69) is 6.58 Å². The highest BCUT2D eigenvalue weighted by molar-refractivity contribution is 5.69. The molecule has 3 nitrogen and oxygen atoms in total. The minimum absolute atomic E-state index is 0.0914. The van der Waals surface area contributed by atoms with Crippen molar-refractivity contribution in [3.8, 4) is 0 Å². The highest BCUT2D eigenvalue weighted by Crippen LogP contribution is 2.26. The first-order valence-corrected chi connectivity index (χ1v) is 3.34. The summed E-state index contributed by atoms with van der Waals surface area (Å²) in [5, 5.41) is 8.40. The molecular weight excluding hydrogens is 130 g/mol. The van der Waals surface area contributed by atoms with Gasteiger partial charge in [-0.05, 0) is 19.0 Å². The van der Waals surface area contributed by atoms with Gasteiger partial charge in [0.25, 0.3) is 0 Å². The molecule has 3 heteroatoms. The van der Waals surface area contributed by atoms with Gasteiger partial charge in [-0.3, -0.25) is 4.79 Å². The molecule has 10 heavy (non-hydrogen) atoms. The summed E-state index contributed by atoms with van der Waals surface area (Å²) in [5.41, 5.74) is 0. The van der Waals surface area contributed by atoms with E-state index in [4.69, 9.17) is 5.11 Å². The second-order valence-electron chi connectivity index (χ2n) is 2.48. The second-order valence-corrected chi connectivity index (χ2v) is 2.48. The van der Waals surface area contributed by atoms with Crippen LogP contribution in [0.3, 0.4) is 0 Å². The fraction of sp³-hybridized carbons (Fsp3) is 0.571. The Kier molecular flexibility index (Phi) is 1.94. The normalized spacial score (nSPS) is 16.4. The number of hydrogen-bond acceptors (Lipinski definition) is 2. The van der Waals surface area contributed by atoms with Gasteiger partial charge in [0.05, 0.1) is 0 Å². The van der Waals surface area contributed by atoms with Gasteiger partial charge in [0.1, 0.15) is 6.54 Å². The zero-order valence-electron chi connectivity index (χ0n) is 5.79. The number of aliphatic carboxylic acids is 1. The van der Waals surface area contributed by atoms with Crippen LogP contribution in [0.25, 0.3) is 0 Å². The lowest BCUT2D eigenvalue weighted by atomic mass is 10.5. The molecule has 0 aromatic rings. The van der Waals surface area contributed by atoms with Gasteiger partial charge in [0.2, 0.25) is 0 Å². The highest BCUT2D eigenvalue weighted by Gasteiger charge is 2.27. The predicted octanol–water partition coefficient (Wildman–Crippen LogP) is 0.679. The summed E-state index contributed by atoms with van der Waals surface area (Å²) in [4.78, 5) is 12.0. The molecule has 0 radical (unpaired) electrons. The van der Waals surface area contributed by atoms with Crippen molar-refractivity contribution in [3.63, 3.8) is 0 Å². The first-order valence-electron chi connectivity index (χ1n) is 3.34. The Balaban J connectivity index is 2.32. The van der Waals surface area contributed by atoms with E-state index >= 15 is 0 Å². The van der Waals surface area contributed by atoms with Gasteiger partial charge in [-0.1, -0.05) is 6.58 Å². The first kappa shape index (κ1) is 7.12. The van der Waals surface area contributed by atoms with Crippen LogP contribution in [0.2, 0.25) is 0 Å². The molecule has 0 amide bonds. The zero-order valence-corrected chi connectivity index (χ0v) is 5.79. The standard InChI is InChI=1S/C7H11NO2/c1-2-8(5-7(9)10)6-3-4-6/h2,6H,1,3-5H2,(H,9,10). The third-order valence-electron chi connectivity index (χ3n) is 1.57. The molecular formula is C7H11NO2. The fourth-order valence-electron chi connectivity index (χ4n) is 0.905. The molecule has 0 saturated heterocycles. The maximum Gasteiger partial charge on any atom is 0.323 e. The van der Waals surface area contributed by atoms with E-state index in [-0.39, 0.29) is 6.54 Å². The van der Waals surface area contributed by atoms with Crippen LogP contribution in [0.4, 0.5) is 0 Å². The first-order chi connectivity index (χ1) is 4.74. The number of carboxylic acid groups (broad SMARTS) is 1. The summed E-state index contributed by atoms with van der Waals surface area (Å²) in [6.07, 6.45) is 3.82. The van der Waals surface area contributed by atoms with Crippen LogP contribution in [0.5, 0.6) is 0 Å². The molecule has 1 rings (SSSR count). The van der Waals surface area contributed by atoms with Gasteiger partial charge < -0.3 is 10.0 Å². The summed E-state index contributed by atoms with van der Waals surface area (Å²) in [6, 6.07) is 0.452. The molecule has 56 valence electrons. The van der Waals surface area contributed by atoms with Gasteiger partial charge in [-0.25, -0.2) is 0 Å². The van der Waals surface area contributed by atoms with Crippen LogP contribution in [-0.4, -0.2) is 28.6 Å². The molecule has 0 bridgehead atoms. The Hall–Kier alpha value is -0.990. The van der Waals surface area contributed by atoms with Crippen molar-refractivity contribution in [2.45, 2.75) is 18.9 Å². The van der Waals surface area contributed by atoms with Crippen molar-refractivity contribution in [3.05, 3.63) is 12.8 Å². The van der Waals surface area contributed by atoms with Crippen molar-refractivity contribution < 1.29 is 9.90 Å². The lowest BCUT2D eigenvalue weighted by molar-refractivity contribution is -0.137. The van der Waals surface area contributed by atoms with E-state index in [0.29, 0.717) is 6.04 Å². The fourth-order valence-corrected chi connectivity index (χ4v) is 0.905. The maximum absolute atomic E-state index is 10.2. The third-order valence-corrected chi connectivity index (χ3v) is 1.57. The summed E-state index contributed by atoms with van der Waals surface area (Å²) in [5.74, 6) is -0.785. The summed E-state index contributed by atoms with van der Waals surface area (Å²) < 4.78 is 0. The van der Waals surface area contributed by atoms with Crippen molar-refractivity contribution in [1.82, 2.24) is 4.90 Å². The zero-order chi connectivity index (χ0) is 7.56. The van der Waals surface area contributed by atoms with E-state index in [0.717, 1.165) is 12.8 Å². The number of rotatable bonds is 4. The summed E-state index contributed by atoms with van der Waals surface area (Å²) in [7, 11) is 0. The number of hydrogen-bond donors (Lipinski definition) is 1. The van der Waals surface area contributed by atoms with E-state index in [9.17, 15) is 4.79 Å². The molecule has 0 aromatic carbocycles. The Labute approximate surface area is 59.9 Å². The third kappa shape index (κ3) is 1.76. The number of nitrogens with zero attached hydrogens (tertiary/aromatic N) is 1. The maximum atomic E-state index is 10.2. The lowest BCUT2D eigenvalue weighted by Gasteiger charge is -2.15. The van der Waals surface area contributed by atoms with Crippen molar-refractivity contribution >= 4 is 5.97 Å². The summed E-state index contributed by atoms with van der Waals surface area (Å²) in [6.45, 7) is 3.63. The molecule has 1 N–H and O–H groups in total. The smallest absolute Gasteiger partial charge is 0.323 e. The average molecular weight is 141 g/mol. The van der Waals surface area contributed by atoms with Gasteiger partial charge in [-0.2, -0.15) is 0 Å². The van der Waals surface area contributed by atoms with Crippen molar-refractivity contribution in [1.29, 1.82) is 0 Å². The van der Waals surface area contributed by atoms with Gasteiger partial charge in [0, 0.05) is 6.04 Å². The molecule has 1 aliphatic rings. The Morgan fingerprint density at radius 3 is 2.70 bits per heavy atom. The highest BCUT2D eigenvalue weighted by atomic mass is 16.4. The monoisotopic (exact) mass is 141 g/mol. The molecule has 1 fully saturated rings. The second kappa shape index (κ2) is 2.73. The Bertz CT molecular complexity index is 152. The summed E-state index contributed by atoms with van der Waals surface area (Å²) >= 11 is 0. The molecule has 0 aliphatic heterocycles. The minimum atomic E-state index is -0.785. The SMILES string of the molecule is C=CN(CC(=O)O)C1CC1. The van der Waals surface area contributed by atoms with Crippen molar-refractivity contribution in [2.24, 2.45) is 0 Å². The number of carbonyl (C=O) groups is 1. The number of carboxylic acids is 1. The van der Waals surface area contributed by atoms with E-state index in [1.165, 1.54) is 0 Å². The van der Waals surface area contributed by atoms with E-state index in [1.807, 2.05) is 0 Å². The lowest BCUT2D eigenvalue weighted by Crippen LogP contribution is -2.26. The topological polar surface area (TPSA) is 40.5 Å². The molecule has 0 atom stereocenters. The van der Waals surface area contributed by atoms with Crippen LogP contribution in [0.1, 0.15) is 12.8 Å². The predicted molar refractivity (Wildman–Crippen MR) is 37.6 cm³/mol. The quantitative estimate of drug-likeness (QED) is 0.625. The van der Waals surface area contributed by atoms with Crippen LogP contribution >= 0.6 is 0 Å². The van der Waals surface area contributed by atoms with Gasteiger partial charge in [0.15, 0.2) is 0 Å². The largest absolute Gasteiger partial charge is 0.480 e. The molecule has 0 aromatic heterocycles. The van der Waals surface area contributed by atoms with Crippen LogP contribution in [-0.2, 0) is 4.79 Å². The van der Waals surface area contributed by atoms with Crippen LogP contribution < -0.4 is 0 Å². The average Bonchev–Trinajstić information content (AvgIpc) is 2.63. The molecule has 1 saturated carbocycles. The molecule has 0 spiro atoms. The van der Waals surface area contributed by atoms with Crippen molar-refractivity contribution in [2.75, 3.05) is 6.54 Å². The van der Waals surface area contributed by atoms with E-state index in [1.54, 1.807) is 11.1 Å².